The lowest BCUT2D eigenvalue weighted by Crippen LogP contribution is -2.22. The molecule has 2 aromatic carbocycles. The maximum absolute atomic E-state index is 13.9. The summed E-state index contributed by atoms with van der Waals surface area (Å²) in [5.74, 6) is 1.57. The Hall–Kier alpha value is -2.57. The second kappa shape index (κ2) is 9.35. The molecule has 0 amide bonds. The lowest BCUT2D eigenvalue weighted by molar-refractivity contribution is 0.344. The van der Waals surface area contributed by atoms with Crippen molar-refractivity contribution in [2.24, 2.45) is 0 Å². The summed E-state index contributed by atoms with van der Waals surface area (Å²) in [6.45, 7) is 6.80. The molecule has 0 saturated carbocycles. The van der Waals surface area contributed by atoms with Crippen LogP contribution in [0.3, 0.4) is 0 Å². The Bertz CT molecular complexity index is 1370. The lowest BCUT2D eigenvalue weighted by Gasteiger charge is -2.15. The van der Waals surface area contributed by atoms with E-state index in [2.05, 4.69) is 32.9 Å². The minimum absolute atomic E-state index is 0.0598. The van der Waals surface area contributed by atoms with E-state index in [-0.39, 0.29) is 5.56 Å². The van der Waals surface area contributed by atoms with Crippen LogP contribution in [0.1, 0.15) is 40.0 Å². The summed E-state index contributed by atoms with van der Waals surface area (Å²) in [5.41, 5.74) is 5.78. The van der Waals surface area contributed by atoms with Crippen LogP contribution in [0.5, 0.6) is 5.75 Å². The summed E-state index contributed by atoms with van der Waals surface area (Å²) in [6.07, 6.45) is 4.39. The number of benzene rings is 2. The van der Waals surface area contributed by atoms with Crippen LogP contribution in [0, 0.1) is 20.8 Å². The van der Waals surface area contributed by atoms with Gasteiger partial charge in [-0.3, -0.25) is 9.36 Å². The SMILES string of the molecule is Cc1ccc(OCCSc2nc3sc4c(c3c(=O)n2-c2ccc(C)c(C)c2)CCCC4)cc1. The Morgan fingerprint density at radius 2 is 1.82 bits per heavy atom. The number of rotatable bonds is 6. The molecule has 0 aliphatic heterocycles. The quantitative estimate of drug-likeness (QED) is 0.183. The fourth-order valence-corrected chi connectivity index (χ4v) is 6.43. The number of aryl methyl sites for hydroxylation is 5. The molecule has 1 aliphatic carbocycles. The fourth-order valence-electron chi connectivity index (χ4n) is 4.30. The standard InChI is InChI=1S/C27H28N2O2S2/c1-17-8-12-21(13-9-17)31-14-15-32-27-28-25-24(22-6-4-5-7-23(22)33-25)26(30)29(27)20-11-10-18(2)19(3)16-20/h8-13,16H,4-7,14-15H2,1-3H3. The third-order valence-electron chi connectivity index (χ3n) is 6.31. The summed E-state index contributed by atoms with van der Waals surface area (Å²) in [5, 5.41) is 1.56. The third kappa shape index (κ3) is 4.46. The van der Waals surface area contributed by atoms with Gasteiger partial charge in [-0.25, -0.2) is 4.98 Å². The van der Waals surface area contributed by atoms with Crippen LogP contribution in [-0.4, -0.2) is 21.9 Å². The smallest absolute Gasteiger partial charge is 0.267 e. The molecule has 2 heterocycles. The Morgan fingerprint density at radius 3 is 2.61 bits per heavy atom. The number of hydrogen-bond donors (Lipinski definition) is 0. The average molecular weight is 477 g/mol. The summed E-state index contributed by atoms with van der Waals surface area (Å²) >= 11 is 3.29. The van der Waals surface area contributed by atoms with Gasteiger partial charge in [0, 0.05) is 10.6 Å². The highest BCUT2D eigenvalue weighted by atomic mass is 32.2. The Morgan fingerprint density at radius 1 is 1.03 bits per heavy atom. The molecule has 4 nitrogen and oxygen atoms in total. The number of hydrogen-bond acceptors (Lipinski definition) is 5. The molecule has 0 radical (unpaired) electrons. The van der Waals surface area contributed by atoms with Gasteiger partial charge in [0.05, 0.1) is 17.7 Å². The van der Waals surface area contributed by atoms with E-state index >= 15 is 0 Å². The van der Waals surface area contributed by atoms with Crippen molar-refractivity contribution in [1.82, 2.24) is 9.55 Å². The second-order valence-corrected chi connectivity index (χ2v) is 10.9. The van der Waals surface area contributed by atoms with Gasteiger partial charge in [0.15, 0.2) is 5.16 Å². The highest BCUT2D eigenvalue weighted by Crippen LogP contribution is 2.35. The van der Waals surface area contributed by atoms with Crippen molar-refractivity contribution in [3.05, 3.63) is 79.9 Å². The van der Waals surface area contributed by atoms with E-state index in [1.165, 1.54) is 33.6 Å². The first-order chi connectivity index (χ1) is 16.0. The fraction of sp³-hybridized carbons (Fsp3) is 0.333. The largest absolute Gasteiger partial charge is 0.493 e. The Labute approximate surface area is 202 Å². The summed E-state index contributed by atoms with van der Waals surface area (Å²) < 4.78 is 7.73. The van der Waals surface area contributed by atoms with Crippen LogP contribution >= 0.6 is 23.1 Å². The Balaban J connectivity index is 1.50. The van der Waals surface area contributed by atoms with Gasteiger partial charge >= 0.3 is 0 Å². The van der Waals surface area contributed by atoms with Crippen molar-refractivity contribution in [3.63, 3.8) is 0 Å². The van der Waals surface area contributed by atoms with Gasteiger partial charge in [0.1, 0.15) is 10.6 Å². The summed E-state index contributed by atoms with van der Waals surface area (Å²) in [4.78, 5) is 21.1. The average Bonchev–Trinajstić information content (AvgIpc) is 3.19. The molecule has 0 unspecified atom stereocenters. The Kier molecular flexibility index (Phi) is 6.30. The molecule has 5 rings (SSSR count). The van der Waals surface area contributed by atoms with Crippen LogP contribution in [0.15, 0.2) is 52.4 Å². The van der Waals surface area contributed by atoms with Crippen LogP contribution in [-0.2, 0) is 12.8 Å². The number of ether oxygens (including phenoxy) is 1. The predicted molar refractivity (Wildman–Crippen MR) is 139 cm³/mol. The molecule has 0 fully saturated rings. The van der Waals surface area contributed by atoms with Gasteiger partial charge in [-0.15, -0.1) is 11.3 Å². The van der Waals surface area contributed by atoms with Crippen molar-refractivity contribution in [2.45, 2.75) is 51.6 Å². The van der Waals surface area contributed by atoms with Gasteiger partial charge in [0.25, 0.3) is 5.56 Å². The molecular formula is C27H28N2O2S2. The van der Waals surface area contributed by atoms with Gasteiger partial charge < -0.3 is 4.74 Å². The van der Waals surface area contributed by atoms with E-state index in [1.54, 1.807) is 23.1 Å². The highest BCUT2D eigenvalue weighted by Gasteiger charge is 2.23. The van der Waals surface area contributed by atoms with Crippen molar-refractivity contribution in [1.29, 1.82) is 0 Å². The first-order valence-electron chi connectivity index (χ1n) is 11.5. The lowest BCUT2D eigenvalue weighted by atomic mass is 9.97. The van der Waals surface area contributed by atoms with E-state index < -0.39 is 0 Å². The molecule has 33 heavy (non-hydrogen) atoms. The van der Waals surface area contributed by atoms with E-state index in [0.29, 0.717) is 12.4 Å². The van der Waals surface area contributed by atoms with Crippen LogP contribution in [0.2, 0.25) is 0 Å². The number of thioether (sulfide) groups is 1. The summed E-state index contributed by atoms with van der Waals surface area (Å²) in [6, 6.07) is 14.3. The van der Waals surface area contributed by atoms with E-state index in [0.717, 1.165) is 46.1 Å². The van der Waals surface area contributed by atoms with E-state index in [4.69, 9.17) is 9.72 Å². The van der Waals surface area contributed by atoms with Gasteiger partial charge in [-0.05, 0) is 87.4 Å². The zero-order valence-electron chi connectivity index (χ0n) is 19.3. The maximum atomic E-state index is 13.9. The molecule has 0 bridgehead atoms. The molecule has 0 atom stereocenters. The van der Waals surface area contributed by atoms with Crippen LogP contribution in [0.4, 0.5) is 0 Å². The molecule has 170 valence electrons. The van der Waals surface area contributed by atoms with Crippen molar-refractivity contribution < 1.29 is 4.74 Å². The molecule has 6 heteroatoms. The zero-order valence-corrected chi connectivity index (χ0v) is 20.9. The highest BCUT2D eigenvalue weighted by molar-refractivity contribution is 7.99. The van der Waals surface area contributed by atoms with E-state index in [1.807, 2.05) is 34.9 Å². The molecule has 0 N–H and O–H groups in total. The first-order valence-corrected chi connectivity index (χ1v) is 13.3. The number of thiophene rings is 1. The topological polar surface area (TPSA) is 44.1 Å². The van der Waals surface area contributed by atoms with Crippen molar-refractivity contribution >= 4 is 33.3 Å². The van der Waals surface area contributed by atoms with Crippen LogP contribution in [0.25, 0.3) is 15.9 Å². The number of nitrogens with zero attached hydrogens (tertiary/aromatic N) is 2. The number of fused-ring (bicyclic) bond motifs is 3. The molecule has 0 saturated heterocycles. The molecule has 0 spiro atoms. The van der Waals surface area contributed by atoms with Crippen molar-refractivity contribution in [3.8, 4) is 11.4 Å². The normalized spacial score (nSPS) is 13.3. The monoisotopic (exact) mass is 476 g/mol. The molecular weight excluding hydrogens is 448 g/mol. The van der Waals surface area contributed by atoms with Gasteiger partial charge in [0.2, 0.25) is 0 Å². The van der Waals surface area contributed by atoms with Gasteiger partial charge in [-0.1, -0.05) is 35.5 Å². The number of aromatic nitrogens is 2. The maximum Gasteiger partial charge on any atom is 0.267 e. The molecule has 4 aromatic rings. The minimum atomic E-state index is 0.0598. The molecule has 2 aromatic heterocycles. The molecule has 1 aliphatic rings. The van der Waals surface area contributed by atoms with Crippen LogP contribution < -0.4 is 10.3 Å². The third-order valence-corrected chi connectivity index (χ3v) is 8.40. The predicted octanol–water partition coefficient (Wildman–Crippen LogP) is 6.42. The van der Waals surface area contributed by atoms with Gasteiger partial charge in [-0.2, -0.15) is 0 Å². The first kappa shape index (κ1) is 22.2. The van der Waals surface area contributed by atoms with Crippen molar-refractivity contribution in [2.75, 3.05) is 12.4 Å². The second-order valence-electron chi connectivity index (χ2n) is 8.70. The zero-order chi connectivity index (χ0) is 22.9. The minimum Gasteiger partial charge on any atom is -0.493 e. The van der Waals surface area contributed by atoms with E-state index in [9.17, 15) is 4.79 Å². The summed E-state index contributed by atoms with van der Waals surface area (Å²) in [7, 11) is 0.